The number of amides is 2. The van der Waals surface area contributed by atoms with Crippen LogP contribution in [0.25, 0.3) is 0 Å². The number of rotatable bonds is 6. The number of nitrogens with one attached hydrogen (secondary N) is 2. The van der Waals surface area contributed by atoms with Gasteiger partial charge < -0.3 is 15.4 Å². The lowest BCUT2D eigenvalue weighted by molar-refractivity contribution is -0.120. The zero-order chi connectivity index (χ0) is 13.4. The van der Waals surface area contributed by atoms with E-state index in [4.69, 9.17) is 4.74 Å². The number of carbonyl (C=O) groups excluding carboxylic acids is 2. The lowest BCUT2D eigenvalue weighted by atomic mass is 10.2. The molecule has 0 radical (unpaired) electrons. The van der Waals surface area contributed by atoms with Crippen molar-refractivity contribution in [3.8, 4) is 0 Å². The van der Waals surface area contributed by atoms with Crippen LogP contribution in [0.1, 0.15) is 10.4 Å². The van der Waals surface area contributed by atoms with E-state index in [1.807, 2.05) is 6.07 Å². The predicted molar refractivity (Wildman–Crippen MR) is 71.4 cm³/mol. The van der Waals surface area contributed by atoms with Crippen molar-refractivity contribution in [2.45, 2.75) is 0 Å². The Balaban J connectivity index is 2.35. The zero-order valence-electron chi connectivity index (χ0n) is 10.0. The molecule has 0 bridgehead atoms. The van der Waals surface area contributed by atoms with Crippen LogP contribution in [0.15, 0.2) is 28.7 Å². The van der Waals surface area contributed by atoms with E-state index in [0.29, 0.717) is 18.7 Å². The first-order chi connectivity index (χ1) is 8.63. The van der Waals surface area contributed by atoms with E-state index in [-0.39, 0.29) is 18.4 Å². The van der Waals surface area contributed by atoms with Gasteiger partial charge in [0.2, 0.25) is 5.91 Å². The van der Waals surface area contributed by atoms with Gasteiger partial charge in [-0.05, 0) is 18.2 Å². The molecule has 1 rings (SSSR count). The summed E-state index contributed by atoms with van der Waals surface area (Å²) in [6.45, 7) is 0.836. The smallest absolute Gasteiger partial charge is 0.251 e. The molecule has 5 nitrogen and oxygen atoms in total. The standard InChI is InChI=1S/C12H15BrN2O3/c1-18-6-5-14-11(16)8-15-12(17)9-3-2-4-10(13)7-9/h2-4,7H,5-6,8H2,1H3,(H,14,16)(H,15,17). The molecule has 1 aromatic rings. The van der Waals surface area contributed by atoms with Gasteiger partial charge in [0.05, 0.1) is 13.2 Å². The lowest BCUT2D eigenvalue weighted by Crippen LogP contribution is -2.38. The summed E-state index contributed by atoms with van der Waals surface area (Å²) in [5.74, 6) is -0.520. The Morgan fingerprint density at radius 2 is 2.11 bits per heavy atom. The second-order valence-electron chi connectivity index (χ2n) is 3.54. The largest absolute Gasteiger partial charge is 0.383 e. The van der Waals surface area contributed by atoms with Crippen molar-refractivity contribution in [1.82, 2.24) is 10.6 Å². The van der Waals surface area contributed by atoms with Crippen molar-refractivity contribution in [3.63, 3.8) is 0 Å². The van der Waals surface area contributed by atoms with E-state index in [9.17, 15) is 9.59 Å². The van der Waals surface area contributed by atoms with Crippen molar-refractivity contribution in [2.75, 3.05) is 26.8 Å². The Bertz CT molecular complexity index is 424. The maximum absolute atomic E-state index is 11.7. The van der Waals surface area contributed by atoms with E-state index in [1.54, 1.807) is 25.3 Å². The summed E-state index contributed by atoms with van der Waals surface area (Å²) < 4.78 is 5.61. The number of halogens is 1. The summed E-state index contributed by atoms with van der Waals surface area (Å²) >= 11 is 3.28. The molecule has 0 fully saturated rings. The minimum absolute atomic E-state index is 0.0466. The molecule has 0 saturated heterocycles. The van der Waals surface area contributed by atoms with Crippen LogP contribution < -0.4 is 10.6 Å². The fourth-order valence-corrected chi connectivity index (χ4v) is 1.65. The average Bonchev–Trinajstić information content (AvgIpc) is 2.36. The molecule has 0 aromatic heterocycles. The third kappa shape index (κ3) is 5.29. The molecule has 98 valence electrons. The zero-order valence-corrected chi connectivity index (χ0v) is 11.6. The van der Waals surface area contributed by atoms with Gasteiger partial charge in [0.1, 0.15) is 0 Å². The monoisotopic (exact) mass is 314 g/mol. The maximum atomic E-state index is 11.7. The van der Waals surface area contributed by atoms with E-state index in [0.717, 1.165) is 4.47 Å². The maximum Gasteiger partial charge on any atom is 0.251 e. The van der Waals surface area contributed by atoms with Crippen molar-refractivity contribution in [3.05, 3.63) is 34.3 Å². The van der Waals surface area contributed by atoms with Crippen LogP contribution >= 0.6 is 15.9 Å². The second-order valence-corrected chi connectivity index (χ2v) is 4.45. The summed E-state index contributed by atoms with van der Waals surface area (Å²) in [4.78, 5) is 23.0. The first kappa shape index (κ1) is 14.7. The average molecular weight is 315 g/mol. The number of hydrogen-bond acceptors (Lipinski definition) is 3. The first-order valence-electron chi connectivity index (χ1n) is 5.43. The Morgan fingerprint density at radius 1 is 1.33 bits per heavy atom. The Kier molecular flexibility index (Phi) is 6.38. The normalized spacial score (nSPS) is 9.89. The molecule has 0 atom stereocenters. The topological polar surface area (TPSA) is 67.4 Å². The molecule has 0 heterocycles. The van der Waals surface area contributed by atoms with E-state index < -0.39 is 0 Å². The molecule has 0 aliphatic rings. The summed E-state index contributed by atoms with van der Waals surface area (Å²) in [6, 6.07) is 6.97. The number of methoxy groups -OCH3 is 1. The summed E-state index contributed by atoms with van der Waals surface area (Å²) in [6.07, 6.45) is 0. The molecule has 1 aromatic carbocycles. The fraction of sp³-hybridized carbons (Fsp3) is 0.333. The molecule has 0 aliphatic heterocycles. The van der Waals surface area contributed by atoms with Gasteiger partial charge in [-0.15, -0.1) is 0 Å². The quantitative estimate of drug-likeness (QED) is 0.768. The molecule has 0 spiro atoms. The summed E-state index contributed by atoms with van der Waals surface area (Å²) in [7, 11) is 1.56. The number of ether oxygens (including phenoxy) is 1. The highest BCUT2D eigenvalue weighted by Gasteiger charge is 2.07. The van der Waals surface area contributed by atoms with Crippen LogP contribution in [-0.2, 0) is 9.53 Å². The van der Waals surface area contributed by atoms with Crippen LogP contribution in [0.3, 0.4) is 0 Å². The number of benzene rings is 1. The minimum Gasteiger partial charge on any atom is -0.383 e. The molecular weight excluding hydrogens is 300 g/mol. The van der Waals surface area contributed by atoms with Gasteiger partial charge in [0, 0.05) is 23.7 Å². The van der Waals surface area contributed by atoms with Gasteiger partial charge in [-0.2, -0.15) is 0 Å². The van der Waals surface area contributed by atoms with E-state index in [2.05, 4.69) is 26.6 Å². The van der Waals surface area contributed by atoms with Gasteiger partial charge in [-0.25, -0.2) is 0 Å². The Hall–Kier alpha value is -1.40. The Labute approximate surface area is 114 Å². The van der Waals surface area contributed by atoms with Gasteiger partial charge in [0.25, 0.3) is 5.91 Å². The molecular formula is C12H15BrN2O3. The van der Waals surface area contributed by atoms with Crippen LogP contribution in [0.4, 0.5) is 0 Å². The highest BCUT2D eigenvalue weighted by atomic mass is 79.9. The molecule has 2 N–H and O–H groups in total. The second kappa shape index (κ2) is 7.84. The minimum atomic E-state index is -0.279. The predicted octanol–water partition coefficient (Wildman–Crippen LogP) is 0.942. The third-order valence-electron chi connectivity index (χ3n) is 2.12. The summed E-state index contributed by atoms with van der Waals surface area (Å²) in [5, 5.41) is 5.15. The highest BCUT2D eigenvalue weighted by Crippen LogP contribution is 2.11. The third-order valence-corrected chi connectivity index (χ3v) is 2.62. The first-order valence-corrected chi connectivity index (χ1v) is 6.22. The van der Waals surface area contributed by atoms with Crippen LogP contribution in [0.2, 0.25) is 0 Å². The fourth-order valence-electron chi connectivity index (χ4n) is 1.25. The molecule has 18 heavy (non-hydrogen) atoms. The Morgan fingerprint density at radius 3 is 2.78 bits per heavy atom. The number of hydrogen-bond donors (Lipinski definition) is 2. The van der Waals surface area contributed by atoms with E-state index in [1.165, 1.54) is 0 Å². The van der Waals surface area contributed by atoms with Gasteiger partial charge in [-0.1, -0.05) is 22.0 Å². The van der Waals surface area contributed by atoms with Crippen molar-refractivity contribution < 1.29 is 14.3 Å². The molecule has 6 heteroatoms. The number of carbonyl (C=O) groups is 2. The molecule has 0 unspecified atom stereocenters. The SMILES string of the molecule is COCCNC(=O)CNC(=O)c1cccc(Br)c1. The van der Waals surface area contributed by atoms with Crippen LogP contribution in [0, 0.1) is 0 Å². The van der Waals surface area contributed by atoms with Crippen LogP contribution in [-0.4, -0.2) is 38.6 Å². The molecule has 2 amide bonds. The van der Waals surface area contributed by atoms with Crippen molar-refractivity contribution >= 4 is 27.7 Å². The van der Waals surface area contributed by atoms with Gasteiger partial charge in [0.15, 0.2) is 0 Å². The molecule has 0 aliphatic carbocycles. The summed E-state index contributed by atoms with van der Waals surface area (Å²) in [5.41, 5.74) is 0.508. The molecule has 0 saturated carbocycles. The highest BCUT2D eigenvalue weighted by molar-refractivity contribution is 9.10. The van der Waals surface area contributed by atoms with Crippen molar-refractivity contribution in [1.29, 1.82) is 0 Å². The van der Waals surface area contributed by atoms with Gasteiger partial charge >= 0.3 is 0 Å². The van der Waals surface area contributed by atoms with Crippen molar-refractivity contribution in [2.24, 2.45) is 0 Å². The lowest BCUT2D eigenvalue weighted by Gasteiger charge is -2.06. The van der Waals surface area contributed by atoms with Crippen LogP contribution in [0.5, 0.6) is 0 Å². The van der Waals surface area contributed by atoms with E-state index >= 15 is 0 Å². The van der Waals surface area contributed by atoms with Gasteiger partial charge in [-0.3, -0.25) is 9.59 Å².